The largest absolute Gasteiger partial charge is 0.371 e. The lowest BCUT2D eigenvalue weighted by Gasteiger charge is -2.43. The summed E-state index contributed by atoms with van der Waals surface area (Å²) < 4.78 is 13.8. The van der Waals surface area contributed by atoms with Crippen LogP contribution in [0.25, 0.3) is 0 Å². The van der Waals surface area contributed by atoms with Crippen LogP contribution >= 0.6 is 15.9 Å². The van der Waals surface area contributed by atoms with Crippen molar-refractivity contribution in [2.24, 2.45) is 11.8 Å². The maximum Gasteiger partial charge on any atom is 0.139 e. The van der Waals surface area contributed by atoms with Gasteiger partial charge >= 0.3 is 0 Å². The smallest absolute Gasteiger partial charge is 0.139 e. The highest BCUT2D eigenvalue weighted by Crippen LogP contribution is 2.30. The number of hydrogen-bond donors (Lipinski definition) is 0. The average molecular weight is 272 g/mol. The SMILES string of the molecule is CC(C)C1CN(c2ccc(Br)c(F)c2)C1. The summed E-state index contributed by atoms with van der Waals surface area (Å²) >= 11 is 3.16. The standard InChI is InChI=1S/C12H15BrFN/c1-8(2)9-6-15(7-9)10-3-4-11(13)12(14)5-10/h3-5,8-9H,6-7H2,1-2H3. The van der Waals surface area contributed by atoms with Gasteiger partial charge in [-0.05, 0) is 46.0 Å². The number of nitrogens with zero attached hydrogens (tertiary/aromatic N) is 1. The molecule has 0 N–H and O–H groups in total. The van der Waals surface area contributed by atoms with Gasteiger partial charge in [-0.25, -0.2) is 4.39 Å². The molecule has 3 heteroatoms. The normalized spacial score (nSPS) is 17.0. The minimum Gasteiger partial charge on any atom is -0.371 e. The van der Waals surface area contributed by atoms with E-state index in [9.17, 15) is 4.39 Å². The Labute approximate surface area is 98.4 Å². The van der Waals surface area contributed by atoms with Crippen LogP contribution in [0.4, 0.5) is 10.1 Å². The van der Waals surface area contributed by atoms with Gasteiger partial charge in [-0.2, -0.15) is 0 Å². The molecule has 1 aromatic rings. The minimum atomic E-state index is -0.180. The van der Waals surface area contributed by atoms with Crippen LogP contribution in [0.3, 0.4) is 0 Å². The third kappa shape index (κ3) is 2.17. The van der Waals surface area contributed by atoms with E-state index in [4.69, 9.17) is 0 Å². The van der Waals surface area contributed by atoms with Gasteiger partial charge < -0.3 is 4.90 Å². The zero-order valence-corrected chi connectivity index (χ0v) is 10.6. The van der Waals surface area contributed by atoms with Crippen LogP contribution in [0.2, 0.25) is 0 Å². The Bertz CT molecular complexity index is 359. The van der Waals surface area contributed by atoms with Crippen molar-refractivity contribution in [3.05, 3.63) is 28.5 Å². The molecule has 15 heavy (non-hydrogen) atoms. The molecule has 0 aromatic heterocycles. The average Bonchev–Trinajstić information content (AvgIpc) is 2.08. The third-order valence-corrected chi connectivity index (χ3v) is 3.76. The fourth-order valence-electron chi connectivity index (χ4n) is 1.83. The summed E-state index contributed by atoms with van der Waals surface area (Å²) in [5, 5.41) is 0. The number of rotatable bonds is 2. The molecule has 2 rings (SSSR count). The topological polar surface area (TPSA) is 3.24 Å². The summed E-state index contributed by atoms with van der Waals surface area (Å²) in [4.78, 5) is 2.22. The van der Waals surface area contributed by atoms with Gasteiger partial charge in [0.2, 0.25) is 0 Å². The zero-order valence-electron chi connectivity index (χ0n) is 9.00. The van der Waals surface area contributed by atoms with Crippen molar-refractivity contribution in [3.63, 3.8) is 0 Å². The molecule has 0 unspecified atom stereocenters. The first kappa shape index (κ1) is 10.9. The number of benzene rings is 1. The highest BCUT2D eigenvalue weighted by atomic mass is 79.9. The molecule has 1 aliphatic rings. The number of anilines is 1. The predicted octanol–water partition coefficient (Wildman–Crippen LogP) is 3.68. The van der Waals surface area contributed by atoms with Crippen molar-refractivity contribution in [2.75, 3.05) is 18.0 Å². The van der Waals surface area contributed by atoms with Crippen molar-refractivity contribution in [3.8, 4) is 0 Å². The molecule has 82 valence electrons. The van der Waals surface area contributed by atoms with Gasteiger partial charge in [0.25, 0.3) is 0 Å². The molecule has 1 saturated heterocycles. The number of hydrogen-bond acceptors (Lipinski definition) is 1. The van der Waals surface area contributed by atoms with Crippen molar-refractivity contribution in [1.82, 2.24) is 0 Å². The second-order valence-electron chi connectivity index (χ2n) is 4.51. The van der Waals surface area contributed by atoms with Gasteiger partial charge in [-0.3, -0.25) is 0 Å². The first-order chi connectivity index (χ1) is 7.08. The maximum atomic E-state index is 13.3. The first-order valence-electron chi connectivity index (χ1n) is 5.28. The Kier molecular flexibility index (Phi) is 3.01. The van der Waals surface area contributed by atoms with Gasteiger partial charge in [0.05, 0.1) is 4.47 Å². The van der Waals surface area contributed by atoms with Gasteiger partial charge in [0.15, 0.2) is 0 Å². The van der Waals surface area contributed by atoms with E-state index in [0.29, 0.717) is 4.47 Å². The second-order valence-corrected chi connectivity index (χ2v) is 5.36. The molecule has 0 radical (unpaired) electrons. The summed E-state index contributed by atoms with van der Waals surface area (Å²) in [7, 11) is 0. The molecule has 1 aromatic carbocycles. The van der Waals surface area contributed by atoms with Gasteiger partial charge in [-0.15, -0.1) is 0 Å². The molecule has 0 amide bonds. The van der Waals surface area contributed by atoms with Crippen molar-refractivity contribution >= 4 is 21.6 Å². The van der Waals surface area contributed by atoms with E-state index in [-0.39, 0.29) is 5.82 Å². The summed E-state index contributed by atoms with van der Waals surface area (Å²) in [6.45, 7) is 6.59. The van der Waals surface area contributed by atoms with Crippen LogP contribution < -0.4 is 4.90 Å². The number of halogens is 2. The lowest BCUT2D eigenvalue weighted by molar-refractivity contribution is 0.309. The van der Waals surface area contributed by atoms with Crippen LogP contribution in [0.5, 0.6) is 0 Å². The molecule has 0 bridgehead atoms. The van der Waals surface area contributed by atoms with Crippen LogP contribution in [0.1, 0.15) is 13.8 Å². The summed E-state index contributed by atoms with van der Waals surface area (Å²) in [6, 6.07) is 5.33. The molecule has 0 aliphatic carbocycles. The van der Waals surface area contributed by atoms with E-state index >= 15 is 0 Å². The van der Waals surface area contributed by atoms with Crippen LogP contribution in [0, 0.1) is 17.7 Å². The Morgan fingerprint density at radius 3 is 2.60 bits per heavy atom. The highest BCUT2D eigenvalue weighted by Gasteiger charge is 2.29. The van der Waals surface area contributed by atoms with Crippen LogP contribution in [-0.2, 0) is 0 Å². The second kappa shape index (κ2) is 4.12. The zero-order chi connectivity index (χ0) is 11.0. The fraction of sp³-hybridized carbons (Fsp3) is 0.500. The van der Waals surface area contributed by atoms with E-state index in [0.717, 1.165) is 30.6 Å². The van der Waals surface area contributed by atoms with E-state index in [1.165, 1.54) is 0 Å². The molecule has 0 spiro atoms. The van der Waals surface area contributed by atoms with Crippen molar-refractivity contribution in [1.29, 1.82) is 0 Å². The van der Waals surface area contributed by atoms with Crippen LogP contribution in [0.15, 0.2) is 22.7 Å². The predicted molar refractivity (Wildman–Crippen MR) is 64.6 cm³/mol. The summed E-state index contributed by atoms with van der Waals surface area (Å²) in [5.74, 6) is 1.30. The van der Waals surface area contributed by atoms with Crippen molar-refractivity contribution < 1.29 is 4.39 Å². The lowest BCUT2D eigenvalue weighted by atomic mass is 9.88. The Hall–Kier alpha value is -0.570. The Balaban J connectivity index is 2.04. The summed E-state index contributed by atoms with van der Waals surface area (Å²) in [6.07, 6.45) is 0. The minimum absolute atomic E-state index is 0.180. The van der Waals surface area contributed by atoms with E-state index in [1.54, 1.807) is 12.1 Å². The monoisotopic (exact) mass is 271 g/mol. The van der Waals surface area contributed by atoms with Crippen molar-refractivity contribution in [2.45, 2.75) is 13.8 Å². The fourth-order valence-corrected chi connectivity index (χ4v) is 2.07. The van der Waals surface area contributed by atoms with Gasteiger partial charge in [0.1, 0.15) is 5.82 Å². The van der Waals surface area contributed by atoms with Crippen LogP contribution in [-0.4, -0.2) is 13.1 Å². The molecule has 0 atom stereocenters. The first-order valence-corrected chi connectivity index (χ1v) is 6.07. The van der Waals surface area contributed by atoms with E-state index in [2.05, 4.69) is 34.7 Å². The molecular formula is C12H15BrFN. The Morgan fingerprint density at radius 1 is 1.40 bits per heavy atom. The Morgan fingerprint density at radius 2 is 2.07 bits per heavy atom. The molecular weight excluding hydrogens is 257 g/mol. The summed E-state index contributed by atoms with van der Waals surface area (Å²) in [5.41, 5.74) is 0.993. The third-order valence-electron chi connectivity index (χ3n) is 3.12. The van der Waals surface area contributed by atoms with E-state index in [1.807, 2.05) is 6.07 Å². The molecule has 1 aliphatic heterocycles. The molecule has 1 nitrogen and oxygen atoms in total. The highest BCUT2D eigenvalue weighted by molar-refractivity contribution is 9.10. The quantitative estimate of drug-likeness (QED) is 0.793. The molecule has 1 fully saturated rings. The lowest BCUT2D eigenvalue weighted by Crippen LogP contribution is -2.49. The maximum absolute atomic E-state index is 13.3. The van der Waals surface area contributed by atoms with Gasteiger partial charge in [-0.1, -0.05) is 13.8 Å². The van der Waals surface area contributed by atoms with E-state index < -0.39 is 0 Å². The molecule has 1 heterocycles. The van der Waals surface area contributed by atoms with Gasteiger partial charge in [0, 0.05) is 18.8 Å². The molecule has 0 saturated carbocycles.